The summed E-state index contributed by atoms with van der Waals surface area (Å²) in [7, 11) is 1.69. The lowest BCUT2D eigenvalue weighted by molar-refractivity contribution is 0.411. The third-order valence-electron chi connectivity index (χ3n) is 2.94. The highest BCUT2D eigenvalue weighted by atomic mass is 79.9. The normalized spacial score (nSPS) is 12.4. The number of hydrogen-bond acceptors (Lipinski definition) is 3. The summed E-state index contributed by atoms with van der Waals surface area (Å²) in [4.78, 5) is 1.29. The van der Waals surface area contributed by atoms with Crippen LogP contribution >= 0.6 is 27.3 Å². The van der Waals surface area contributed by atoms with Crippen LogP contribution in [0.5, 0.6) is 5.75 Å². The van der Waals surface area contributed by atoms with Crippen molar-refractivity contribution in [2.24, 2.45) is 5.73 Å². The van der Waals surface area contributed by atoms with Gasteiger partial charge in [0, 0.05) is 21.8 Å². The van der Waals surface area contributed by atoms with E-state index in [0.717, 1.165) is 27.8 Å². The summed E-state index contributed by atoms with van der Waals surface area (Å²) in [6.07, 6.45) is 0.851. The van der Waals surface area contributed by atoms with Crippen molar-refractivity contribution in [3.05, 3.63) is 50.1 Å². The van der Waals surface area contributed by atoms with Crippen LogP contribution in [0.4, 0.5) is 0 Å². The zero-order valence-electron chi connectivity index (χ0n) is 10.4. The Kier molecular flexibility index (Phi) is 4.43. The first-order valence-electron chi connectivity index (χ1n) is 5.74. The van der Waals surface area contributed by atoms with E-state index in [1.54, 1.807) is 18.4 Å². The average Bonchev–Trinajstić information content (AvgIpc) is 2.75. The minimum Gasteiger partial charge on any atom is -0.496 e. The molecule has 0 aliphatic carbocycles. The number of benzene rings is 1. The van der Waals surface area contributed by atoms with Crippen molar-refractivity contribution in [1.29, 1.82) is 0 Å². The van der Waals surface area contributed by atoms with Gasteiger partial charge in [-0.15, -0.1) is 11.3 Å². The van der Waals surface area contributed by atoms with E-state index >= 15 is 0 Å². The largest absolute Gasteiger partial charge is 0.496 e. The molecule has 1 atom stereocenters. The first-order chi connectivity index (χ1) is 8.61. The molecule has 1 heterocycles. The van der Waals surface area contributed by atoms with E-state index in [-0.39, 0.29) is 6.04 Å². The van der Waals surface area contributed by atoms with Gasteiger partial charge in [-0.05, 0) is 51.5 Å². The molecule has 1 aromatic carbocycles. The Labute approximate surface area is 120 Å². The van der Waals surface area contributed by atoms with Gasteiger partial charge in [0.15, 0.2) is 0 Å². The van der Waals surface area contributed by atoms with Crippen LogP contribution in [0.3, 0.4) is 0 Å². The van der Waals surface area contributed by atoms with E-state index in [0.29, 0.717) is 0 Å². The summed E-state index contributed by atoms with van der Waals surface area (Å²) in [6.45, 7) is 2.04. The third kappa shape index (κ3) is 2.94. The minimum absolute atomic E-state index is 0.0181. The second-order valence-corrected chi connectivity index (χ2v) is 6.09. The van der Waals surface area contributed by atoms with E-state index in [9.17, 15) is 0 Å². The molecule has 0 saturated heterocycles. The van der Waals surface area contributed by atoms with Gasteiger partial charge in [-0.25, -0.2) is 0 Å². The van der Waals surface area contributed by atoms with Crippen molar-refractivity contribution in [2.45, 2.75) is 19.4 Å². The molecule has 0 aliphatic rings. The number of nitrogens with two attached hydrogens (primary N) is 1. The van der Waals surface area contributed by atoms with Crippen LogP contribution in [0.1, 0.15) is 22.0 Å². The van der Waals surface area contributed by atoms with Crippen LogP contribution in [0.25, 0.3) is 0 Å². The van der Waals surface area contributed by atoms with E-state index < -0.39 is 0 Å². The molecule has 2 aromatic rings. The molecule has 2 N–H and O–H groups in total. The number of methoxy groups -OCH3 is 1. The van der Waals surface area contributed by atoms with Crippen molar-refractivity contribution in [1.82, 2.24) is 0 Å². The minimum atomic E-state index is 0.0181. The molecular formula is C14H16BrNOS. The quantitative estimate of drug-likeness (QED) is 0.919. The Bertz CT molecular complexity index is 538. The fourth-order valence-electron chi connectivity index (χ4n) is 1.92. The van der Waals surface area contributed by atoms with Crippen LogP contribution in [0, 0.1) is 6.92 Å². The molecule has 2 rings (SSSR count). The summed E-state index contributed by atoms with van der Waals surface area (Å²) in [6, 6.07) is 8.20. The average molecular weight is 326 g/mol. The second-order valence-electron chi connectivity index (χ2n) is 4.23. The van der Waals surface area contributed by atoms with E-state index in [2.05, 4.69) is 33.4 Å². The molecule has 0 amide bonds. The monoisotopic (exact) mass is 325 g/mol. The first-order valence-corrected chi connectivity index (χ1v) is 7.41. The summed E-state index contributed by atoms with van der Waals surface area (Å²) >= 11 is 5.27. The maximum absolute atomic E-state index is 6.26. The lowest BCUT2D eigenvalue weighted by Crippen LogP contribution is -2.13. The van der Waals surface area contributed by atoms with Gasteiger partial charge in [0.25, 0.3) is 0 Å². The van der Waals surface area contributed by atoms with Crippen molar-refractivity contribution in [3.8, 4) is 5.75 Å². The predicted molar refractivity (Wildman–Crippen MR) is 80.4 cm³/mol. The van der Waals surface area contributed by atoms with Gasteiger partial charge in [0.1, 0.15) is 5.75 Å². The topological polar surface area (TPSA) is 35.2 Å². The standard InChI is InChI=1S/C14H16BrNOS/c1-9-7-10(3-4-13(9)17-2)12(16)8-14-11(15)5-6-18-14/h3-7,12H,8,16H2,1-2H3. The van der Waals surface area contributed by atoms with Gasteiger partial charge < -0.3 is 10.5 Å². The SMILES string of the molecule is COc1ccc(C(N)Cc2sccc2Br)cc1C. The molecule has 18 heavy (non-hydrogen) atoms. The molecule has 0 saturated carbocycles. The van der Waals surface area contributed by atoms with E-state index in [4.69, 9.17) is 10.5 Å². The van der Waals surface area contributed by atoms with Crippen LogP contribution in [-0.4, -0.2) is 7.11 Å². The van der Waals surface area contributed by atoms with Crippen LogP contribution < -0.4 is 10.5 Å². The molecule has 1 unspecified atom stereocenters. The third-order valence-corrected chi connectivity index (χ3v) is 4.89. The van der Waals surface area contributed by atoms with Crippen molar-refractivity contribution in [3.63, 3.8) is 0 Å². The highest BCUT2D eigenvalue weighted by Gasteiger charge is 2.11. The van der Waals surface area contributed by atoms with Crippen molar-refractivity contribution >= 4 is 27.3 Å². The Hall–Kier alpha value is -0.840. The lowest BCUT2D eigenvalue weighted by atomic mass is 10.0. The molecule has 0 bridgehead atoms. The van der Waals surface area contributed by atoms with Gasteiger partial charge in [-0.3, -0.25) is 0 Å². The van der Waals surface area contributed by atoms with Crippen molar-refractivity contribution in [2.75, 3.05) is 7.11 Å². The Morgan fingerprint density at radius 3 is 2.72 bits per heavy atom. The van der Waals surface area contributed by atoms with E-state index in [1.165, 1.54) is 4.88 Å². The van der Waals surface area contributed by atoms with Crippen LogP contribution in [0.15, 0.2) is 34.1 Å². The molecule has 1 aromatic heterocycles. The molecule has 0 radical (unpaired) electrons. The summed E-state index contributed by atoms with van der Waals surface area (Å²) < 4.78 is 6.40. The summed E-state index contributed by atoms with van der Waals surface area (Å²) in [5.74, 6) is 0.906. The van der Waals surface area contributed by atoms with Crippen LogP contribution in [0.2, 0.25) is 0 Å². The molecule has 0 spiro atoms. The van der Waals surface area contributed by atoms with Crippen molar-refractivity contribution < 1.29 is 4.74 Å². The molecule has 0 fully saturated rings. The number of halogens is 1. The Morgan fingerprint density at radius 2 is 2.17 bits per heavy atom. The number of thiophene rings is 1. The molecular weight excluding hydrogens is 310 g/mol. The second kappa shape index (κ2) is 5.87. The summed E-state index contributed by atoms with van der Waals surface area (Å²) in [5, 5.41) is 2.07. The van der Waals surface area contributed by atoms with Crippen LogP contribution in [-0.2, 0) is 6.42 Å². The molecule has 0 aliphatic heterocycles. The first kappa shape index (κ1) is 13.6. The predicted octanol–water partition coefficient (Wildman–Crippen LogP) is 4.07. The van der Waals surface area contributed by atoms with Gasteiger partial charge in [0.2, 0.25) is 0 Å². The van der Waals surface area contributed by atoms with Gasteiger partial charge >= 0.3 is 0 Å². The highest BCUT2D eigenvalue weighted by molar-refractivity contribution is 9.10. The lowest BCUT2D eigenvalue weighted by Gasteiger charge is -2.13. The molecule has 2 nitrogen and oxygen atoms in total. The number of ether oxygens (including phenoxy) is 1. The zero-order valence-corrected chi connectivity index (χ0v) is 12.8. The molecule has 4 heteroatoms. The maximum atomic E-state index is 6.26. The number of rotatable bonds is 4. The van der Waals surface area contributed by atoms with Gasteiger partial charge in [0.05, 0.1) is 7.11 Å². The van der Waals surface area contributed by atoms with E-state index in [1.807, 2.05) is 19.1 Å². The number of hydrogen-bond donors (Lipinski definition) is 1. The summed E-state index contributed by atoms with van der Waals surface area (Å²) in [5.41, 5.74) is 8.53. The van der Waals surface area contributed by atoms with Gasteiger partial charge in [-0.2, -0.15) is 0 Å². The smallest absolute Gasteiger partial charge is 0.121 e. The fraction of sp³-hybridized carbons (Fsp3) is 0.286. The van der Waals surface area contributed by atoms with Gasteiger partial charge in [-0.1, -0.05) is 12.1 Å². The number of aryl methyl sites for hydroxylation is 1. The highest BCUT2D eigenvalue weighted by Crippen LogP contribution is 2.28. The Balaban J connectivity index is 2.16. The zero-order chi connectivity index (χ0) is 13.1. The Morgan fingerprint density at radius 1 is 1.39 bits per heavy atom. The molecule has 96 valence electrons. The maximum Gasteiger partial charge on any atom is 0.121 e. The fourth-order valence-corrected chi connectivity index (χ4v) is 3.49.